The summed E-state index contributed by atoms with van der Waals surface area (Å²) in [6, 6.07) is 11.4. The largest absolute Gasteiger partial charge is 0.355 e. The van der Waals surface area contributed by atoms with Gasteiger partial charge in [-0.15, -0.1) is 0 Å². The molecule has 34 heavy (non-hydrogen) atoms. The van der Waals surface area contributed by atoms with E-state index in [9.17, 15) is 18.0 Å². The number of rotatable bonds is 11. The van der Waals surface area contributed by atoms with Crippen molar-refractivity contribution in [2.24, 2.45) is 0 Å². The van der Waals surface area contributed by atoms with Gasteiger partial charge in [-0.3, -0.25) is 13.9 Å². The molecule has 0 radical (unpaired) electrons. The summed E-state index contributed by atoms with van der Waals surface area (Å²) in [5.74, 6) is -0.841. The van der Waals surface area contributed by atoms with Gasteiger partial charge in [0, 0.05) is 13.1 Å². The van der Waals surface area contributed by atoms with E-state index in [0.29, 0.717) is 19.4 Å². The van der Waals surface area contributed by atoms with Crippen LogP contribution < -0.4 is 9.62 Å². The molecular formula is C23H28Cl3N3O4S. The van der Waals surface area contributed by atoms with Gasteiger partial charge in [0.1, 0.15) is 12.6 Å². The number of anilines is 1. The first-order valence-corrected chi connectivity index (χ1v) is 13.7. The molecule has 2 amide bonds. The van der Waals surface area contributed by atoms with Gasteiger partial charge in [0.05, 0.1) is 27.0 Å². The third-order valence-corrected chi connectivity index (χ3v) is 7.31. The average Bonchev–Trinajstić information content (AvgIpc) is 2.77. The van der Waals surface area contributed by atoms with Crippen molar-refractivity contribution in [2.45, 2.75) is 32.7 Å². The van der Waals surface area contributed by atoms with Gasteiger partial charge in [-0.25, -0.2) is 8.42 Å². The number of likely N-dealkylation sites (N-methyl/N-ethyl adjacent to an activating group) is 1. The minimum Gasteiger partial charge on any atom is -0.355 e. The minimum absolute atomic E-state index is 0.0271. The first-order valence-electron chi connectivity index (χ1n) is 10.7. The van der Waals surface area contributed by atoms with E-state index < -0.39 is 28.5 Å². The molecule has 0 fully saturated rings. The van der Waals surface area contributed by atoms with Crippen molar-refractivity contribution in [3.63, 3.8) is 0 Å². The number of sulfonamides is 1. The maximum Gasteiger partial charge on any atom is 0.244 e. The molecule has 0 bridgehead atoms. The molecule has 2 aromatic rings. The Morgan fingerprint density at radius 2 is 1.62 bits per heavy atom. The van der Waals surface area contributed by atoms with E-state index in [2.05, 4.69) is 5.32 Å². The van der Waals surface area contributed by atoms with E-state index in [1.54, 1.807) is 13.8 Å². The number of benzene rings is 2. The molecule has 0 saturated heterocycles. The highest BCUT2D eigenvalue weighted by atomic mass is 35.5. The fourth-order valence-corrected chi connectivity index (χ4v) is 5.03. The Morgan fingerprint density at radius 1 is 1.00 bits per heavy atom. The van der Waals surface area contributed by atoms with Crippen LogP contribution in [0.3, 0.4) is 0 Å². The predicted molar refractivity (Wildman–Crippen MR) is 138 cm³/mol. The van der Waals surface area contributed by atoms with Crippen LogP contribution in [0.4, 0.5) is 5.69 Å². The van der Waals surface area contributed by atoms with Crippen molar-refractivity contribution in [3.05, 3.63) is 63.1 Å². The van der Waals surface area contributed by atoms with Crippen LogP contribution in [0.5, 0.6) is 0 Å². The van der Waals surface area contributed by atoms with Crippen LogP contribution in [0.25, 0.3) is 0 Å². The number of halogens is 3. The molecule has 2 rings (SSSR count). The second-order valence-electron chi connectivity index (χ2n) is 7.63. The SMILES string of the molecule is CCNC(=O)C(CC)N(CCc1ccccc1)C(=O)CN(c1cc(Cl)c(Cl)cc1Cl)S(C)(=O)=O. The van der Waals surface area contributed by atoms with Gasteiger partial charge < -0.3 is 10.2 Å². The Labute approximate surface area is 216 Å². The standard InChI is InChI=1S/C23H28Cl3N3O4S/c1-4-20(23(31)27-5-2)28(12-11-16-9-7-6-8-10-16)22(30)15-29(34(3,32)33)21-14-18(25)17(24)13-19(21)26/h6-10,13-14,20H,4-5,11-12,15H2,1-3H3,(H,27,31). The summed E-state index contributed by atoms with van der Waals surface area (Å²) >= 11 is 18.3. The second kappa shape index (κ2) is 12.6. The normalized spacial score (nSPS) is 12.2. The van der Waals surface area contributed by atoms with Gasteiger partial charge >= 0.3 is 0 Å². The molecule has 0 aliphatic carbocycles. The van der Waals surface area contributed by atoms with E-state index in [1.807, 2.05) is 30.3 Å². The van der Waals surface area contributed by atoms with Crippen molar-refractivity contribution >= 4 is 62.3 Å². The van der Waals surface area contributed by atoms with Crippen LogP contribution in [0.15, 0.2) is 42.5 Å². The quantitative estimate of drug-likeness (QED) is 0.422. The van der Waals surface area contributed by atoms with Crippen LogP contribution in [-0.2, 0) is 26.0 Å². The molecule has 0 spiro atoms. The second-order valence-corrected chi connectivity index (χ2v) is 10.8. The fraction of sp³-hybridized carbons (Fsp3) is 0.391. The van der Waals surface area contributed by atoms with Crippen LogP contribution in [0.1, 0.15) is 25.8 Å². The van der Waals surface area contributed by atoms with Crippen LogP contribution in [0, 0.1) is 0 Å². The average molecular weight is 549 g/mol. The number of nitrogens with zero attached hydrogens (tertiary/aromatic N) is 2. The number of nitrogens with one attached hydrogen (secondary N) is 1. The highest BCUT2D eigenvalue weighted by Crippen LogP contribution is 2.35. The predicted octanol–water partition coefficient (Wildman–Crippen LogP) is 4.40. The maximum absolute atomic E-state index is 13.5. The van der Waals surface area contributed by atoms with E-state index in [4.69, 9.17) is 34.8 Å². The van der Waals surface area contributed by atoms with Crippen LogP contribution in [-0.4, -0.2) is 57.1 Å². The topological polar surface area (TPSA) is 86.8 Å². The van der Waals surface area contributed by atoms with Crippen molar-refractivity contribution in [2.75, 3.05) is 30.2 Å². The molecular weight excluding hydrogens is 521 g/mol. The van der Waals surface area contributed by atoms with Crippen LogP contribution >= 0.6 is 34.8 Å². The summed E-state index contributed by atoms with van der Waals surface area (Å²) in [5.41, 5.74) is 1.01. The van der Waals surface area contributed by atoms with Crippen molar-refractivity contribution in [1.29, 1.82) is 0 Å². The van der Waals surface area contributed by atoms with E-state index in [1.165, 1.54) is 17.0 Å². The summed E-state index contributed by atoms with van der Waals surface area (Å²) < 4.78 is 26.1. The molecule has 0 aliphatic rings. The van der Waals surface area contributed by atoms with Crippen molar-refractivity contribution < 1.29 is 18.0 Å². The fourth-order valence-electron chi connectivity index (χ4n) is 3.49. The summed E-state index contributed by atoms with van der Waals surface area (Å²) in [6.07, 6.45) is 1.82. The summed E-state index contributed by atoms with van der Waals surface area (Å²) in [7, 11) is -3.93. The van der Waals surface area contributed by atoms with Crippen molar-refractivity contribution in [1.82, 2.24) is 10.2 Å². The lowest BCUT2D eigenvalue weighted by Gasteiger charge is -2.33. The Balaban J connectivity index is 2.42. The molecule has 0 saturated carbocycles. The molecule has 7 nitrogen and oxygen atoms in total. The Morgan fingerprint density at radius 3 is 2.18 bits per heavy atom. The van der Waals surface area contributed by atoms with Gasteiger partial charge in [-0.1, -0.05) is 72.1 Å². The lowest BCUT2D eigenvalue weighted by Crippen LogP contribution is -2.53. The molecule has 0 heterocycles. The van der Waals surface area contributed by atoms with E-state index in [-0.39, 0.29) is 33.2 Å². The van der Waals surface area contributed by atoms with Gasteiger partial charge in [-0.05, 0) is 37.5 Å². The number of hydrogen-bond acceptors (Lipinski definition) is 4. The molecule has 0 aromatic heterocycles. The van der Waals surface area contributed by atoms with E-state index in [0.717, 1.165) is 16.1 Å². The monoisotopic (exact) mass is 547 g/mol. The van der Waals surface area contributed by atoms with Gasteiger partial charge in [-0.2, -0.15) is 0 Å². The van der Waals surface area contributed by atoms with Gasteiger partial charge in [0.2, 0.25) is 21.8 Å². The third kappa shape index (κ3) is 7.50. The molecule has 2 aromatic carbocycles. The number of amides is 2. The lowest BCUT2D eigenvalue weighted by molar-refractivity contribution is -0.139. The summed E-state index contributed by atoms with van der Waals surface area (Å²) in [5, 5.41) is 3.03. The zero-order valence-electron chi connectivity index (χ0n) is 19.2. The first kappa shape index (κ1) is 28.2. The molecule has 1 N–H and O–H groups in total. The lowest BCUT2D eigenvalue weighted by atomic mass is 10.1. The summed E-state index contributed by atoms with van der Waals surface area (Å²) in [4.78, 5) is 27.7. The Bertz CT molecular complexity index is 1110. The minimum atomic E-state index is -3.93. The molecule has 1 atom stereocenters. The first-order chi connectivity index (χ1) is 16.0. The molecule has 11 heteroatoms. The van der Waals surface area contributed by atoms with Crippen molar-refractivity contribution in [3.8, 4) is 0 Å². The zero-order chi connectivity index (χ0) is 25.5. The number of carbonyl (C=O) groups is 2. The molecule has 1 unspecified atom stereocenters. The van der Waals surface area contributed by atoms with Gasteiger partial charge in [0.15, 0.2) is 0 Å². The smallest absolute Gasteiger partial charge is 0.244 e. The summed E-state index contributed by atoms with van der Waals surface area (Å²) in [6.45, 7) is 3.67. The third-order valence-electron chi connectivity index (χ3n) is 5.16. The highest BCUT2D eigenvalue weighted by molar-refractivity contribution is 7.92. The Hall–Kier alpha value is -2.00. The zero-order valence-corrected chi connectivity index (χ0v) is 22.3. The Kier molecular flexibility index (Phi) is 10.5. The van der Waals surface area contributed by atoms with Gasteiger partial charge in [0.25, 0.3) is 0 Å². The molecule has 186 valence electrons. The maximum atomic E-state index is 13.5. The number of hydrogen-bond donors (Lipinski definition) is 1. The van der Waals surface area contributed by atoms with E-state index >= 15 is 0 Å². The molecule has 0 aliphatic heterocycles. The highest BCUT2D eigenvalue weighted by Gasteiger charge is 2.32. The van der Waals surface area contributed by atoms with Crippen LogP contribution in [0.2, 0.25) is 15.1 Å². The number of carbonyl (C=O) groups excluding carboxylic acids is 2.